The summed E-state index contributed by atoms with van der Waals surface area (Å²) in [5, 5.41) is 7.02. The van der Waals surface area contributed by atoms with E-state index in [2.05, 4.69) is 10.2 Å². The predicted molar refractivity (Wildman–Crippen MR) is 74.7 cm³/mol. The molecular formula is C14H24N4O. The zero-order valence-electron chi connectivity index (χ0n) is 11.5. The molecule has 1 aromatic heterocycles. The van der Waals surface area contributed by atoms with E-state index in [0.717, 1.165) is 57.4 Å². The summed E-state index contributed by atoms with van der Waals surface area (Å²) < 4.78 is 0. The molecule has 1 atom stereocenters. The van der Waals surface area contributed by atoms with Gasteiger partial charge in [-0.1, -0.05) is 6.42 Å². The van der Waals surface area contributed by atoms with Crippen LogP contribution in [-0.2, 0) is 4.79 Å². The minimum Gasteiger partial charge on any atom is -0.342 e. The molecular weight excluding hydrogens is 240 g/mol. The monoisotopic (exact) mass is 264 g/mol. The summed E-state index contributed by atoms with van der Waals surface area (Å²) in [6.45, 7) is 2.46. The van der Waals surface area contributed by atoms with Gasteiger partial charge in [0.1, 0.15) is 0 Å². The quantitative estimate of drug-likeness (QED) is 0.767. The lowest BCUT2D eigenvalue weighted by Crippen LogP contribution is -2.39. The highest BCUT2D eigenvalue weighted by atomic mass is 16.2. The molecule has 1 unspecified atom stereocenters. The van der Waals surface area contributed by atoms with Crippen molar-refractivity contribution >= 4 is 5.91 Å². The topological polar surface area (TPSA) is 75.0 Å². The van der Waals surface area contributed by atoms with Gasteiger partial charge in [0.05, 0.1) is 0 Å². The van der Waals surface area contributed by atoms with Crippen LogP contribution in [0.2, 0.25) is 0 Å². The highest BCUT2D eigenvalue weighted by molar-refractivity contribution is 5.76. The lowest BCUT2D eigenvalue weighted by molar-refractivity contribution is -0.132. The Morgan fingerprint density at radius 2 is 2.37 bits per heavy atom. The molecule has 1 saturated heterocycles. The molecule has 0 saturated carbocycles. The van der Waals surface area contributed by atoms with Crippen molar-refractivity contribution in [2.24, 2.45) is 5.73 Å². The Bertz CT molecular complexity index is 377. The average molecular weight is 264 g/mol. The Morgan fingerprint density at radius 3 is 3.11 bits per heavy atom. The van der Waals surface area contributed by atoms with E-state index >= 15 is 0 Å². The third kappa shape index (κ3) is 4.06. The van der Waals surface area contributed by atoms with Gasteiger partial charge in [-0.25, -0.2) is 0 Å². The van der Waals surface area contributed by atoms with Gasteiger partial charge in [-0.3, -0.25) is 9.89 Å². The SMILES string of the molecule is NCCCCCC(=O)N1CCCC(c2ccn[nH]2)C1. The second-order valence-electron chi connectivity index (χ2n) is 5.29. The molecule has 2 rings (SSSR count). The van der Waals surface area contributed by atoms with E-state index in [1.54, 1.807) is 6.20 Å². The third-order valence-electron chi connectivity index (χ3n) is 3.83. The number of hydrogen-bond donors (Lipinski definition) is 2. The Hall–Kier alpha value is -1.36. The van der Waals surface area contributed by atoms with Crippen LogP contribution in [-0.4, -0.2) is 40.6 Å². The molecule has 1 fully saturated rings. The number of aromatic nitrogens is 2. The fourth-order valence-electron chi connectivity index (χ4n) is 2.71. The highest BCUT2D eigenvalue weighted by Crippen LogP contribution is 2.25. The number of H-pyrrole nitrogens is 1. The van der Waals surface area contributed by atoms with Gasteiger partial charge < -0.3 is 10.6 Å². The fourth-order valence-corrected chi connectivity index (χ4v) is 2.71. The van der Waals surface area contributed by atoms with Crippen molar-refractivity contribution in [1.82, 2.24) is 15.1 Å². The smallest absolute Gasteiger partial charge is 0.222 e. The number of amides is 1. The molecule has 0 spiro atoms. The van der Waals surface area contributed by atoms with Crippen LogP contribution < -0.4 is 5.73 Å². The van der Waals surface area contributed by atoms with E-state index in [4.69, 9.17) is 5.73 Å². The number of nitrogens with two attached hydrogens (primary N) is 1. The Balaban J connectivity index is 1.78. The normalized spacial score (nSPS) is 19.6. The number of aromatic amines is 1. The maximum absolute atomic E-state index is 12.1. The van der Waals surface area contributed by atoms with E-state index < -0.39 is 0 Å². The van der Waals surface area contributed by atoms with Crippen LogP contribution in [0.1, 0.15) is 50.1 Å². The van der Waals surface area contributed by atoms with E-state index in [-0.39, 0.29) is 0 Å². The molecule has 19 heavy (non-hydrogen) atoms. The van der Waals surface area contributed by atoms with Crippen LogP contribution in [0.4, 0.5) is 0 Å². The molecule has 0 aromatic carbocycles. The van der Waals surface area contributed by atoms with Crippen molar-refractivity contribution in [3.05, 3.63) is 18.0 Å². The van der Waals surface area contributed by atoms with E-state index in [9.17, 15) is 4.79 Å². The lowest BCUT2D eigenvalue weighted by Gasteiger charge is -2.32. The maximum atomic E-state index is 12.1. The van der Waals surface area contributed by atoms with Gasteiger partial charge in [0.2, 0.25) is 5.91 Å². The number of carbonyl (C=O) groups excluding carboxylic acids is 1. The number of nitrogens with zero attached hydrogens (tertiary/aromatic N) is 2. The van der Waals surface area contributed by atoms with Crippen molar-refractivity contribution in [2.45, 2.75) is 44.4 Å². The van der Waals surface area contributed by atoms with Gasteiger partial charge in [-0.05, 0) is 38.3 Å². The van der Waals surface area contributed by atoms with Crippen LogP contribution in [0.3, 0.4) is 0 Å². The molecule has 2 heterocycles. The molecule has 1 aromatic rings. The summed E-state index contributed by atoms with van der Waals surface area (Å²) in [6, 6.07) is 2.01. The largest absolute Gasteiger partial charge is 0.342 e. The zero-order chi connectivity index (χ0) is 13.5. The Kier molecular flexibility index (Phi) is 5.39. The van der Waals surface area contributed by atoms with Crippen molar-refractivity contribution in [1.29, 1.82) is 0 Å². The van der Waals surface area contributed by atoms with Crippen LogP contribution in [0.25, 0.3) is 0 Å². The van der Waals surface area contributed by atoms with Gasteiger partial charge in [-0.2, -0.15) is 5.10 Å². The summed E-state index contributed by atoms with van der Waals surface area (Å²) in [5.41, 5.74) is 6.61. The second kappa shape index (κ2) is 7.28. The number of rotatable bonds is 6. The maximum Gasteiger partial charge on any atom is 0.222 e. The van der Waals surface area contributed by atoms with Crippen LogP contribution in [0, 0.1) is 0 Å². The number of nitrogens with one attached hydrogen (secondary N) is 1. The van der Waals surface area contributed by atoms with Crippen molar-refractivity contribution in [3.63, 3.8) is 0 Å². The molecule has 1 aliphatic rings. The minimum atomic E-state index is 0.293. The van der Waals surface area contributed by atoms with Crippen LogP contribution in [0.5, 0.6) is 0 Å². The van der Waals surface area contributed by atoms with Crippen LogP contribution in [0.15, 0.2) is 12.3 Å². The zero-order valence-corrected chi connectivity index (χ0v) is 11.5. The summed E-state index contributed by atoms with van der Waals surface area (Å²) >= 11 is 0. The van der Waals surface area contributed by atoms with Crippen molar-refractivity contribution in [3.8, 4) is 0 Å². The van der Waals surface area contributed by atoms with E-state index in [0.29, 0.717) is 18.2 Å². The number of hydrogen-bond acceptors (Lipinski definition) is 3. The molecule has 5 nitrogen and oxygen atoms in total. The molecule has 0 radical (unpaired) electrons. The summed E-state index contributed by atoms with van der Waals surface area (Å²) in [4.78, 5) is 14.2. The molecule has 3 N–H and O–H groups in total. The second-order valence-corrected chi connectivity index (χ2v) is 5.29. The molecule has 106 valence electrons. The first-order chi connectivity index (χ1) is 9.31. The first kappa shape index (κ1) is 14.1. The number of likely N-dealkylation sites (tertiary alicyclic amines) is 1. The predicted octanol–water partition coefficient (Wildman–Crippen LogP) is 1.63. The molecule has 1 aliphatic heterocycles. The number of unbranched alkanes of at least 4 members (excludes halogenated alkanes) is 2. The first-order valence-electron chi connectivity index (χ1n) is 7.28. The van der Waals surface area contributed by atoms with E-state index in [1.165, 1.54) is 0 Å². The molecule has 0 aliphatic carbocycles. The summed E-state index contributed by atoms with van der Waals surface area (Å²) in [6.07, 6.45) is 7.70. The molecule has 0 bridgehead atoms. The average Bonchev–Trinajstić information content (AvgIpc) is 2.98. The Labute approximate surface area is 114 Å². The van der Waals surface area contributed by atoms with Crippen LogP contribution >= 0.6 is 0 Å². The Morgan fingerprint density at radius 1 is 1.47 bits per heavy atom. The van der Waals surface area contributed by atoms with Crippen molar-refractivity contribution < 1.29 is 4.79 Å². The van der Waals surface area contributed by atoms with Gasteiger partial charge in [0, 0.05) is 37.3 Å². The fraction of sp³-hybridized carbons (Fsp3) is 0.714. The minimum absolute atomic E-state index is 0.293. The highest BCUT2D eigenvalue weighted by Gasteiger charge is 2.24. The number of carbonyl (C=O) groups is 1. The lowest BCUT2D eigenvalue weighted by atomic mass is 9.94. The molecule has 5 heteroatoms. The standard InChI is InChI=1S/C14H24N4O/c15-8-3-1-2-6-14(19)18-10-4-5-12(11-18)13-7-9-16-17-13/h7,9,12H,1-6,8,10-11,15H2,(H,16,17). The number of piperidine rings is 1. The molecule has 1 amide bonds. The van der Waals surface area contributed by atoms with Gasteiger partial charge in [-0.15, -0.1) is 0 Å². The van der Waals surface area contributed by atoms with E-state index in [1.807, 2.05) is 11.0 Å². The van der Waals surface area contributed by atoms with Gasteiger partial charge in [0.15, 0.2) is 0 Å². The van der Waals surface area contributed by atoms with Gasteiger partial charge in [0.25, 0.3) is 0 Å². The van der Waals surface area contributed by atoms with Gasteiger partial charge >= 0.3 is 0 Å². The summed E-state index contributed by atoms with van der Waals surface area (Å²) in [5.74, 6) is 0.713. The summed E-state index contributed by atoms with van der Waals surface area (Å²) in [7, 11) is 0. The van der Waals surface area contributed by atoms with Crippen molar-refractivity contribution in [2.75, 3.05) is 19.6 Å². The first-order valence-corrected chi connectivity index (χ1v) is 7.28. The third-order valence-corrected chi connectivity index (χ3v) is 3.83.